The average Bonchev–Trinajstić information content (AvgIpc) is 2.88. The van der Waals surface area contributed by atoms with Gasteiger partial charge in [0, 0.05) is 12.0 Å². The van der Waals surface area contributed by atoms with Crippen molar-refractivity contribution in [2.75, 3.05) is 6.54 Å². The maximum atomic E-state index is 5.66. The van der Waals surface area contributed by atoms with E-state index in [0.29, 0.717) is 18.2 Å². The minimum atomic E-state index is -0.172. The molecule has 0 saturated heterocycles. The Hall–Kier alpha value is -1.55. The van der Waals surface area contributed by atoms with Crippen molar-refractivity contribution >= 4 is 0 Å². The Morgan fingerprint density at radius 1 is 1.40 bits per heavy atom. The zero-order valence-corrected chi connectivity index (χ0v) is 8.86. The van der Waals surface area contributed by atoms with Crippen LogP contribution < -0.4 is 5.73 Å². The molecule has 0 aliphatic carbocycles. The lowest BCUT2D eigenvalue weighted by molar-refractivity contribution is 0.504. The van der Waals surface area contributed by atoms with Gasteiger partial charge in [-0.3, -0.25) is 0 Å². The maximum Gasteiger partial charge on any atom is 0.262 e. The predicted octanol–water partition coefficient (Wildman–Crippen LogP) is 2.17. The van der Waals surface area contributed by atoms with Crippen LogP contribution in [0, 0.1) is 0 Å². The molecule has 4 heteroatoms. The fraction of sp³-hybridized carbons (Fsp3) is 0.364. The second-order valence-corrected chi connectivity index (χ2v) is 4.10. The highest BCUT2D eigenvalue weighted by molar-refractivity contribution is 5.44. The van der Waals surface area contributed by atoms with Crippen LogP contribution in [-0.4, -0.2) is 11.5 Å². The predicted molar refractivity (Wildman–Crippen MR) is 56.3 cm³/mol. The van der Waals surface area contributed by atoms with Gasteiger partial charge in [0.15, 0.2) is 5.76 Å². The van der Waals surface area contributed by atoms with E-state index in [-0.39, 0.29) is 5.41 Å². The fourth-order valence-corrected chi connectivity index (χ4v) is 1.20. The Morgan fingerprint density at radius 2 is 2.20 bits per heavy atom. The number of furan rings is 1. The summed E-state index contributed by atoms with van der Waals surface area (Å²) in [6.45, 7) is 4.57. The summed E-state index contributed by atoms with van der Waals surface area (Å²) in [5.74, 6) is 1.13. The molecule has 0 aliphatic heterocycles. The number of aromatic nitrogens is 1. The maximum absolute atomic E-state index is 5.66. The Bertz CT molecular complexity index is 429. The second kappa shape index (κ2) is 3.55. The average molecular weight is 206 g/mol. The van der Waals surface area contributed by atoms with Crippen molar-refractivity contribution < 1.29 is 8.83 Å². The third-order valence-electron chi connectivity index (χ3n) is 2.44. The van der Waals surface area contributed by atoms with Gasteiger partial charge in [-0.05, 0) is 12.1 Å². The van der Waals surface area contributed by atoms with Gasteiger partial charge in [-0.1, -0.05) is 13.8 Å². The summed E-state index contributed by atoms with van der Waals surface area (Å²) in [6.07, 6.45) is 3.22. The molecular formula is C11H14N2O2. The summed E-state index contributed by atoms with van der Waals surface area (Å²) in [5.41, 5.74) is 6.33. The lowest BCUT2D eigenvalue weighted by atomic mass is 9.90. The van der Waals surface area contributed by atoms with E-state index in [9.17, 15) is 0 Å². The summed E-state index contributed by atoms with van der Waals surface area (Å²) in [7, 11) is 0. The molecule has 0 amide bonds. The van der Waals surface area contributed by atoms with Gasteiger partial charge in [0.1, 0.15) is 6.26 Å². The number of rotatable bonds is 3. The van der Waals surface area contributed by atoms with Gasteiger partial charge in [-0.15, -0.1) is 0 Å². The summed E-state index contributed by atoms with van der Waals surface area (Å²) in [5, 5.41) is 0. The van der Waals surface area contributed by atoms with Crippen LogP contribution in [-0.2, 0) is 5.41 Å². The molecule has 2 aromatic rings. The first-order valence-corrected chi connectivity index (χ1v) is 4.83. The standard InChI is InChI=1S/C11H14N2O2/c1-11(2,7-12)9-6-15-10(13-9)8-4-3-5-14-8/h3-6H,7,12H2,1-2H3. The van der Waals surface area contributed by atoms with E-state index in [4.69, 9.17) is 14.6 Å². The van der Waals surface area contributed by atoms with Crippen molar-refractivity contribution in [3.63, 3.8) is 0 Å². The van der Waals surface area contributed by atoms with E-state index in [1.807, 2.05) is 19.9 Å². The number of hydrogen-bond donors (Lipinski definition) is 1. The van der Waals surface area contributed by atoms with Crippen LogP contribution in [0.25, 0.3) is 11.7 Å². The largest absolute Gasteiger partial charge is 0.459 e. The van der Waals surface area contributed by atoms with E-state index < -0.39 is 0 Å². The topological polar surface area (TPSA) is 65.2 Å². The van der Waals surface area contributed by atoms with E-state index >= 15 is 0 Å². The van der Waals surface area contributed by atoms with Gasteiger partial charge < -0.3 is 14.6 Å². The SMILES string of the molecule is CC(C)(CN)c1coc(-c2ccco2)n1. The lowest BCUT2D eigenvalue weighted by Crippen LogP contribution is -2.28. The van der Waals surface area contributed by atoms with Crippen molar-refractivity contribution in [1.29, 1.82) is 0 Å². The highest BCUT2D eigenvalue weighted by Crippen LogP contribution is 2.25. The molecule has 0 spiro atoms. The first kappa shape index (κ1) is 9.98. The monoisotopic (exact) mass is 206 g/mol. The molecule has 2 heterocycles. The van der Waals surface area contributed by atoms with Gasteiger partial charge in [-0.25, -0.2) is 4.98 Å². The zero-order chi connectivity index (χ0) is 10.9. The third kappa shape index (κ3) is 1.80. The smallest absolute Gasteiger partial charge is 0.262 e. The Kier molecular flexibility index (Phi) is 2.36. The molecular weight excluding hydrogens is 192 g/mol. The summed E-state index contributed by atoms with van der Waals surface area (Å²) >= 11 is 0. The van der Waals surface area contributed by atoms with Crippen LogP contribution in [0.3, 0.4) is 0 Å². The van der Waals surface area contributed by atoms with Gasteiger partial charge >= 0.3 is 0 Å². The Balaban J connectivity index is 2.33. The molecule has 0 saturated carbocycles. The summed E-state index contributed by atoms with van der Waals surface area (Å²) < 4.78 is 10.5. The van der Waals surface area contributed by atoms with Gasteiger partial charge in [0.2, 0.25) is 0 Å². The molecule has 0 unspecified atom stereocenters. The van der Waals surface area contributed by atoms with Gasteiger partial charge in [-0.2, -0.15) is 0 Å². The zero-order valence-electron chi connectivity index (χ0n) is 8.86. The van der Waals surface area contributed by atoms with Crippen molar-refractivity contribution in [2.24, 2.45) is 5.73 Å². The first-order valence-electron chi connectivity index (χ1n) is 4.83. The van der Waals surface area contributed by atoms with Crippen LogP contribution in [0.1, 0.15) is 19.5 Å². The number of nitrogens with zero attached hydrogens (tertiary/aromatic N) is 1. The molecule has 0 bridgehead atoms. The Morgan fingerprint density at radius 3 is 2.80 bits per heavy atom. The molecule has 0 atom stereocenters. The quantitative estimate of drug-likeness (QED) is 0.835. The fourth-order valence-electron chi connectivity index (χ4n) is 1.20. The molecule has 2 N–H and O–H groups in total. The number of hydrogen-bond acceptors (Lipinski definition) is 4. The molecule has 2 aromatic heterocycles. The van der Waals surface area contributed by atoms with Crippen LogP contribution >= 0.6 is 0 Å². The van der Waals surface area contributed by atoms with Gasteiger partial charge in [0.25, 0.3) is 5.89 Å². The molecule has 0 radical (unpaired) electrons. The molecule has 2 rings (SSSR count). The van der Waals surface area contributed by atoms with Crippen LogP contribution in [0.2, 0.25) is 0 Å². The van der Waals surface area contributed by atoms with E-state index in [1.165, 1.54) is 0 Å². The summed E-state index contributed by atoms with van der Waals surface area (Å²) in [4.78, 5) is 4.35. The molecule has 0 aliphatic rings. The Labute approximate surface area is 88.1 Å². The van der Waals surface area contributed by atoms with Crippen LogP contribution in [0.4, 0.5) is 0 Å². The first-order chi connectivity index (χ1) is 7.13. The van der Waals surface area contributed by atoms with Crippen molar-refractivity contribution in [2.45, 2.75) is 19.3 Å². The minimum absolute atomic E-state index is 0.172. The minimum Gasteiger partial charge on any atom is -0.459 e. The van der Waals surface area contributed by atoms with Crippen molar-refractivity contribution in [1.82, 2.24) is 4.98 Å². The highest BCUT2D eigenvalue weighted by atomic mass is 16.4. The lowest BCUT2D eigenvalue weighted by Gasteiger charge is -2.18. The second-order valence-electron chi connectivity index (χ2n) is 4.10. The summed E-state index contributed by atoms with van der Waals surface area (Å²) in [6, 6.07) is 3.61. The molecule has 15 heavy (non-hydrogen) atoms. The molecule has 0 fully saturated rings. The van der Waals surface area contributed by atoms with Crippen LogP contribution in [0.15, 0.2) is 33.5 Å². The molecule has 4 nitrogen and oxygen atoms in total. The van der Waals surface area contributed by atoms with E-state index in [1.54, 1.807) is 18.6 Å². The molecule has 80 valence electrons. The number of oxazole rings is 1. The van der Waals surface area contributed by atoms with Gasteiger partial charge in [0.05, 0.1) is 12.0 Å². The highest BCUT2D eigenvalue weighted by Gasteiger charge is 2.23. The third-order valence-corrected chi connectivity index (χ3v) is 2.44. The van der Waals surface area contributed by atoms with E-state index in [2.05, 4.69) is 4.98 Å². The molecule has 0 aromatic carbocycles. The van der Waals surface area contributed by atoms with Crippen LogP contribution in [0.5, 0.6) is 0 Å². The van der Waals surface area contributed by atoms with E-state index in [0.717, 1.165) is 5.69 Å². The van der Waals surface area contributed by atoms with Crippen molar-refractivity contribution in [3.8, 4) is 11.7 Å². The number of nitrogens with two attached hydrogens (primary N) is 1. The van der Waals surface area contributed by atoms with Crippen molar-refractivity contribution in [3.05, 3.63) is 30.4 Å². The normalized spacial score (nSPS) is 11.9.